The smallest absolute Gasteiger partial charge is 0.337 e. The molecule has 108 valence electrons. The Morgan fingerprint density at radius 3 is 2.35 bits per heavy atom. The van der Waals surface area contributed by atoms with Crippen molar-refractivity contribution >= 4 is 46.5 Å². The molecule has 0 unspecified atom stereocenters. The molecule has 0 radical (unpaired) electrons. The summed E-state index contributed by atoms with van der Waals surface area (Å²) in [5.74, 6) is -1.33. The van der Waals surface area contributed by atoms with Gasteiger partial charge < -0.3 is 15.7 Å². The molecular formula is C13H15ClN2O3S. The number of amides is 1. The minimum absolute atomic E-state index is 0.00172. The summed E-state index contributed by atoms with van der Waals surface area (Å²) in [5.41, 5.74) is -0.0580. The zero-order valence-corrected chi connectivity index (χ0v) is 12.9. The van der Waals surface area contributed by atoms with Gasteiger partial charge in [-0.1, -0.05) is 32.4 Å². The highest BCUT2D eigenvalue weighted by Crippen LogP contribution is 2.21. The molecule has 0 saturated heterocycles. The summed E-state index contributed by atoms with van der Waals surface area (Å²) in [4.78, 5) is 22.6. The summed E-state index contributed by atoms with van der Waals surface area (Å²) in [5, 5.41) is 14.4. The van der Waals surface area contributed by atoms with E-state index < -0.39 is 11.4 Å². The van der Waals surface area contributed by atoms with Crippen molar-refractivity contribution in [2.24, 2.45) is 5.41 Å². The quantitative estimate of drug-likeness (QED) is 0.732. The predicted octanol–water partition coefficient (Wildman–Crippen LogP) is 2.90. The van der Waals surface area contributed by atoms with Crippen LogP contribution in [-0.4, -0.2) is 22.1 Å². The van der Waals surface area contributed by atoms with E-state index in [9.17, 15) is 9.59 Å². The number of carbonyl (C=O) groups is 2. The van der Waals surface area contributed by atoms with E-state index in [-0.39, 0.29) is 21.6 Å². The second kappa shape index (κ2) is 6.19. The first-order chi connectivity index (χ1) is 9.11. The van der Waals surface area contributed by atoms with Crippen molar-refractivity contribution in [3.05, 3.63) is 28.8 Å². The van der Waals surface area contributed by atoms with E-state index in [2.05, 4.69) is 10.6 Å². The van der Waals surface area contributed by atoms with E-state index in [0.717, 1.165) is 0 Å². The molecule has 1 aromatic carbocycles. The number of halogens is 1. The average Bonchev–Trinajstić information content (AvgIpc) is 2.26. The summed E-state index contributed by atoms with van der Waals surface area (Å²) in [6.07, 6.45) is 0. The Labute approximate surface area is 127 Å². The maximum absolute atomic E-state index is 11.7. The van der Waals surface area contributed by atoms with E-state index in [0.29, 0.717) is 5.69 Å². The third-order valence-electron chi connectivity index (χ3n) is 2.37. The van der Waals surface area contributed by atoms with Gasteiger partial charge in [0.05, 0.1) is 10.6 Å². The van der Waals surface area contributed by atoms with Crippen LogP contribution in [0.3, 0.4) is 0 Å². The predicted molar refractivity (Wildman–Crippen MR) is 82.2 cm³/mol. The molecule has 0 atom stereocenters. The van der Waals surface area contributed by atoms with Crippen LogP contribution in [0.5, 0.6) is 0 Å². The van der Waals surface area contributed by atoms with Crippen molar-refractivity contribution in [3.63, 3.8) is 0 Å². The lowest BCUT2D eigenvalue weighted by atomic mass is 9.96. The summed E-state index contributed by atoms with van der Waals surface area (Å²) < 4.78 is 0. The number of rotatable bonds is 2. The van der Waals surface area contributed by atoms with Gasteiger partial charge in [-0.25, -0.2) is 4.79 Å². The van der Waals surface area contributed by atoms with Crippen molar-refractivity contribution in [1.82, 2.24) is 5.32 Å². The minimum Gasteiger partial charge on any atom is -0.478 e. The second-order valence-electron chi connectivity index (χ2n) is 5.16. The Morgan fingerprint density at radius 1 is 1.30 bits per heavy atom. The van der Waals surface area contributed by atoms with Crippen LogP contribution in [0.1, 0.15) is 31.1 Å². The molecule has 0 bridgehead atoms. The van der Waals surface area contributed by atoms with E-state index in [1.807, 2.05) is 0 Å². The van der Waals surface area contributed by atoms with Gasteiger partial charge in [-0.05, 0) is 30.4 Å². The largest absolute Gasteiger partial charge is 0.478 e. The summed E-state index contributed by atoms with van der Waals surface area (Å²) in [6, 6.07) is 4.31. The molecule has 1 rings (SSSR count). The Hall–Kier alpha value is -1.66. The monoisotopic (exact) mass is 314 g/mol. The fourth-order valence-corrected chi connectivity index (χ4v) is 1.69. The molecule has 5 nitrogen and oxygen atoms in total. The van der Waals surface area contributed by atoms with Crippen LogP contribution in [0.25, 0.3) is 0 Å². The Balaban J connectivity index is 2.75. The normalized spacial score (nSPS) is 10.8. The number of nitrogens with one attached hydrogen (secondary N) is 2. The number of carboxylic acid groups (broad SMARTS) is 1. The van der Waals surface area contributed by atoms with E-state index >= 15 is 0 Å². The molecule has 0 aliphatic rings. The first kappa shape index (κ1) is 16.4. The Bertz CT molecular complexity index is 567. The lowest BCUT2D eigenvalue weighted by molar-refractivity contribution is -0.126. The fraction of sp³-hybridized carbons (Fsp3) is 0.308. The number of benzene rings is 1. The van der Waals surface area contributed by atoms with Crippen molar-refractivity contribution in [2.75, 3.05) is 5.32 Å². The summed E-state index contributed by atoms with van der Waals surface area (Å²) in [6.45, 7) is 5.30. The van der Waals surface area contributed by atoms with Gasteiger partial charge in [0.25, 0.3) is 0 Å². The topological polar surface area (TPSA) is 78.4 Å². The first-order valence-corrected chi connectivity index (χ1v) is 6.55. The second-order valence-corrected chi connectivity index (χ2v) is 5.97. The third-order valence-corrected chi connectivity index (χ3v) is 2.88. The molecule has 0 spiro atoms. The third kappa shape index (κ3) is 4.47. The number of hydrogen-bond donors (Lipinski definition) is 3. The molecule has 0 fully saturated rings. The number of hydrogen-bond acceptors (Lipinski definition) is 3. The van der Waals surface area contributed by atoms with Crippen LogP contribution in [0.15, 0.2) is 18.2 Å². The SMILES string of the molecule is CC(C)(C)C(=O)NC(=S)Nc1ccc(C(=O)O)c(Cl)c1. The van der Waals surface area contributed by atoms with Crippen LogP contribution in [0.2, 0.25) is 5.02 Å². The zero-order valence-electron chi connectivity index (χ0n) is 11.3. The van der Waals surface area contributed by atoms with E-state index in [4.69, 9.17) is 28.9 Å². The van der Waals surface area contributed by atoms with Gasteiger partial charge in [-0.2, -0.15) is 0 Å². The molecule has 0 aliphatic carbocycles. The van der Waals surface area contributed by atoms with Crippen LogP contribution in [0.4, 0.5) is 5.69 Å². The van der Waals surface area contributed by atoms with Gasteiger partial charge in [0.1, 0.15) is 0 Å². The Kier molecular flexibility index (Phi) is 5.08. The number of thiocarbonyl (C=S) groups is 1. The number of carboxylic acids is 1. The lowest BCUT2D eigenvalue weighted by Gasteiger charge is -2.18. The fourth-order valence-electron chi connectivity index (χ4n) is 1.22. The van der Waals surface area contributed by atoms with Crippen molar-refractivity contribution in [2.45, 2.75) is 20.8 Å². The van der Waals surface area contributed by atoms with E-state index in [1.165, 1.54) is 18.2 Å². The maximum atomic E-state index is 11.7. The molecule has 0 heterocycles. The van der Waals surface area contributed by atoms with Gasteiger partial charge in [0, 0.05) is 11.1 Å². The number of aromatic carboxylic acids is 1. The van der Waals surface area contributed by atoms with Gasteiger partial charge >= 0.3 is 5.97 Å². The van der Waals surface area contributed by atoms with E-state index in [1.54, 1.807) is 20.8 Å². The molecule has 0 aliphatic heterocycles. The highest BCUT2D eigenvalue weighted by atomic mass is 35.5. The molecular weight excluding hydrogens is 300 g/mol. The number of anilines is 1. The summed E-state index contributed by atoms with van der Waals surface area (Å²) >= 11 is 10.8. The molecule has 0 saturated carbocycles. The van der Waals surface area contributed by atoms with Crippen molar-refractivity contribution in [3.8, 4) is 0 Å². The standard InChI is InChI=1S/C13H15ClN2O3S/c1-13(2,3)11(19)16-12(20)15-7-4-5-8(10(17)18)9(14)6-7/h4-6H,1-3H3,(H,17,18)(H2,15,16,19,20). The summed E-state index contributed by atoms with van der Waals surface area (Å²) in [7, 11) is 0. The minimum atomic E-state index is -1.11. The maximum Gasteiger partial charge on any atom is 0.337 e. The van der Waals surface area contributed by atoms with Crippen LogP contribution in [-0.2, 0) is 4.79 Å². The van der Waals surface area contributed by atoms with Crippen LogP contribution >= 0.6 is 23.8 Å². The molecule has 1 aromatic rings. The molecule has 20 heavy (non-hydrogen) atoms. The van der Waals surface area contributed by atoms with Gasteiger partial charge in [0.2, 0.25) is 5.91 Å². The Morgan fingerprint density at radius 2 is 1.90 bits per heavy atom. The molecule has 1 amide bonds. The molecule has 7 heteroatoms. The zero-order chi connectivity index (χ0) is 15.5. The van der Waals surface area contributed by atoms with Crippen LogP contribution in [0, 0.1) is 5.41 Å². The van der Waals surface area contributed by atoms with Crippen molar-refractivity contribution in [1.29, 1.82) is 0 Å². The van der Waals surface area contributed by atoms with Gasteiger partial charge in [-0.15, -0.1) is 0 Å². The highest BCUT2D eigenvalue weighted by molar-refractivity contribution is 7.80. The average molecular weight is 315 g/mol. The lowest BCUT2D eigenvalue weighted by Crippen LogP contribution is -2.41. The van der Waals surface area contributed by atoms with Gasteiger partial charge in [0.15, 0.2) is 5.11 Å². The van der Waals surface area contributed by atoms with Gasteiger partial charge in [-0.3, -0.25) is 4.79 Å². The van der Waals surface area contributed by atoms with Crippen molar-refractivity contribution < 1.29 is 14.7 Å². The number of carbonyl (C=O) groups excluding carboxylic acids is 1. The van der Waals surface area contributed by atoms with Crippen LogP contribution < -0.4 is 10.6 Å². The molecule has 3 N–H and O–H groups in total. The highest BCUT2D eigenvalue weighted by Gasteiger charge is 2.22. The molecule has 0 aromatic heterocycles. The first-order valence-electron chi connectivity index (χ1n) is 5.76.